The number of pyridine rings is 1. The van der Waals surface area contributed by atoms with E-state index >= 15 is 0 Å². The minimum Gasteiger partial charge on any atom is -0.466 e. The highest BCUT2D eigenvalue weighted by molar-refractivity contribution is 5.88. The molecule has 1 heterocycles. The summed E-state index contributed by atoms with van der Waals surface area (Å²) in [7, 11) is 1.42. The smallest absolute Gasteiger partial charge is 0.333 e. The Kier molecular flexibility index (Phi) is 6.82. The van der Waals surface area contributed by atoms with Crippen LogP contribution in [0.25, 0.3) is 0 Å². The van der Waals surface area contributed by atoms with E-state index in [1.165, 1.54) is 12.7 Å². The number of ether oxygens (including phenoxy) is 1. The van der Waals surface area contributed by atoms with Crippen LogP contribution in [0.1, 0.15) is 25.8 Å². The summed E-state index contributed by atoms with van der Waals surface area (Å²) in [5.74, 6) is -0.234. The molecule has 0 aromatic carbocycles. The van der Waals surface area contributed by atoms with Gasteiger partial charge in [-0.15, -0.1) is 0 Å². The van der Waals surface area contributed by atoms with Crippen LogP contribution in [0, 0.1) is 0 Å². The lowest BCUT2D eigenvalue weighted by Crippen LogP contribution is -2.23. The molecule has 0 atom stereocenters. The lowest BCUT2D eigenvalue weighted by molar-refractivity contribution is -0.136. The van der Waals surface area contributed by atoms with E-state index in [0.717, 1.165) is 25.2 Å². The Bertz CT molecular complexity index is 415. The number of carbonyl (C=O) groups is 1. The predicted octanol–water partition coefficient (Wildman–Crippen LogP) is 2.41. The summed E-state index contributed by atoms with van der Waals surface area (Å²) in [5, 5.41) is 0. The molecule has 0 saturated heterocycles. The molecular formula is C15H22N2O2. The van der Waals surface area contributed by atoms with Crippen molar-refractivity contribution in [2.45, 2.75) is 26.8 Å². The second kappa shape index (κ2) is 8.43. The molecular weight excluding hydrogens is 240 g/mol. The number of hydrogen-bond donors (Lipinski definition) is 0. The first-order valence-electron chi connectivity index (χ1n) is 6.59. The maximum absolute atomic E-state index is 11.5. The number of rotatable bonds is 7. The second-order valence-corrected chi connectivity index (χ2v) is 4.26. The Hall–Kier alpha value is -1.68. The van der Waals surface area contributed by atoms with Crippen LogP contribution in [0.15, 0.2) is 36.2 Å². The SMILES string of the molecule is CCC(=CCN(CC)Cc1ccncc1)C(=O)OC. The van der Waals surface area contributed by atoms with E-state index in [-0.39, 0.29) is 5.97 Å². The summed E-state index contributed by atoms with van der Waals surface area (Å²) >= 11 is 0. The monoisotopic (exact) mass is 262 g/mol. The van der Waals surface area contributed by atoms with Gasteiger partial charge in [0.05, 0.1) is 7.11 Å². The quantitative estimate of drug-likeness (QED) is 0.559. The highest BCUT2D eigenvalue weighted by Crippen LogP contribution is 2.07. The molecule has 0 amide bonds. The maximum Gasteiger partial charge on any atom is 0.333 e. The third-order valence-electron chi connectivity index (χ3n) is 3.03. The molecule has 0 N–H and O–H groups in total. The van der Waals surface area contributed by atoms with Crippen molar-refractivity contribution in [2.24, 2.45) is 0 Å². The van der Waals surface area contributed by atoms with Crippen LogP contribution in [0.4, 0.5) is 0 Å². The number of methoxy groups -OCH3 is 1. The van der Waals surface area contributed by atoms with Crippen molar-refractivity contribution < 1.29 is 9.53 Å². The van der Waals surface area contributed by atoms with Gasteiger partial charge in [0.15, 0.2) is 0 Å². The number of nitrogens with zero attached hydrogens (tertiary/aromatic N) is 2. The fourth-order valence-electron chi connectivity index (χ4n) is 1.79. The fraction of sp³-hybridized carbons (Fsp3) is 0.467. The summed E-state index contributed by atoms with van der Waals surface area (Å²) in [6.45, 7) is 6.60. The number of hydrogen-bond acceptors (Lipinski definition) is 4. The molecule has 0 saturated carbocycles. The lowest BCUT2D eigenvalue weighted by Gasteiger charge is -2.19. The molecule has 1 aromatic rings. The Morgan fingerprint density at radius 3 is 2.58 bits per heavy atom. The number of esters is 1. The molecule has 0 spiro atoms. The van der Waals surface area contributed by atoms with Crippen LogP contribution in [-0.2, 0) is 16.1 Å². The van der Waals surface area contributed by atoms with Crippen LogP contribution < -0.4 is 0 Å². The highest BCUT2D eigenvalue weighted by Gasteiger charge is 2.08. The molecule has 0 bridgehead atoms. The molecule has 1 rings (SSSR count). The van der Waals surface area contributed by atoms with Gasteiger partial charge in [-0.2, -0.15) is 0 Å². The standard InChI is InChI=1S/C15H22N2O2/c1-4-14(15(18)19-3)8-11-17(5-2)12-13-6-9-16-10-7-13/h6-10H,4-5,11-12H2,1-3H3. The van der Waals surface area contributed by atoms with Crippen LogP contribution >= 0.6 is 0 Å². The van der Waals surface area contributed by atoms with Gasteiger partial charge in [0.25, 0.3) is 0 Å². The fourth-order valence-corrected chi connectivity index (χ4v) is 1.79. The molecule has 0 fully saturated rings. The number of carbonyl (C=O) groups excluding carboxylic acids is 1. The van der Waals surface area contributed by atoms with Crippen LogP contribution in [0.3, 0.4) is 0 Å². The molecule has 1 aromatic heterocycles. The van der Waals surface area contributed by atoms with E-state index in [9.17, 15) is 4.79 Å². The van der Waals surface area contributed by atoms with Crippen molar-refractivity contribution in [1.82, 2.24) is 9.88 Å². The van der Waals surface area contributed by atoms with E-state index in [2.05, 4.69) is 16.8 Å². The normalized spacial score (nSPS) is 11.7. The van der Waals surface area contributed by atoms with Gasteiger partial charge < -0.3 is 4.74 Å². The Labute approximate surface area is 115 Å². The minimum atomic E-state index is -0.234. The van der Waals surface area contributed by atoms with Crippen LogP contribution in [-0.4, -0.2) is 36.1 Å². The van der Waals surface area contributed by atoms with E-state index in [1.807, 2.05) is 25.1 Å². The topological polar surface area (TPSA) is 42.4 Å². The second-order valence-electron chi connectivity index (χ2n) is 4.26. The van der Waals surface area contributed by atoms with Crippen LogP contribution in [0.2, 0.25) is 0 Å². The third kappa shape index (κ3) is 5.22. The molecule has 0 radical (unpaired) electrons. The summed E-state index contributed by atoms with van der Waals surface area (Å²) < 4.78 is 4.75. The average Bonchev–Trinajstić information content (AvgIpc) is 2.47. The van der Waals surface area contributed by atoms with E-state index in [4.69, 9.17) is 4.74 Å². The minimum absolute atomic E-state index is 0.234. The molecule has 104 valence electrons. The summed E-state index contributed by atoms with van der Waals surface area (Å²) in [5.41, 5.74) is 1.96. The molecule has 0 unspecified atom stereocenters. The Morgan fingerprint density at radius 2 is 2.05 bits per heavy atom. The van der Waals surface area contributed by atoms with Gasteiger partial charge in [-0.1, -0.05) is 19.9 Å². The van der Waals surface area contributed by atoms with Gasteiger partial charge >= 0.3 is 5.97 Å². The Balaban J connectivity index is 2.61. The lowest BCUT2D eigenvalue weighted by atomic mass is 10.2. The average molecular weight is 262 g/mol. The van der Waals surface area contributed by atoms with Gasteiger partial charge in [-0.3, -0.25) is 9.88 Å². The van der Waals surface area contributed by atoms with Crippen molar-refractivity contribution in [3.8, 4) is 0 Å². The molecule has 0 aliphatic rings. The molecule has 0 aliphatic heterocycles. The van der Waals surface area contributed by atoms with E-state index in [0.29, 0.717) is 6.42 Å². The van der Waals surface area contributed by atoms with Crippen LogP contribution in [0.5, 0.6) is 0 Å². The van der Waals surface area contributed by atoms with Crippen molar-refractivity contribution in [3.05, 3.63) is 41.7 Å². The largest absolute Gasteiger partial charge is 0.466 e. The molecule has 4 nitrogen and oxygen atoms in total. The van der Waals surface area contributed by atoms with E-state index < -0.39 is 0 Å². The first kappa shape index (κ1) is 15.4. The van der Waals surface area contributed by atoms with Crippen molar-refractivity contribution in [2.75, 3.05) is 20.2 Å². The zero-order valence-electron chi connectivity index (χ0n) is 11.9. The zero-order valence-corrected chi connectivity index (χ0v) is 11.9. The third-order valence-corrected chi connectivity index (χ3v) is 3.03. The van der Waals surface area contributed by atoms with Gasteiger partial charge in [0, 0.05) is 31.1 Å². The van der Waals surface area contributed by atoms with Gasteiger partial charge in [0.1, 0.15) is 0 Å². The summed E-state index contributed by atoms with van der Waals surface area (Å²) in [6.07, 6.45) is 6.24. The van der Waals surface area contributed by atoms with Crippen molar-refractivity contribution >= 4 is 5.97 Å². The van der Waals surface area contributed by atoms with Crippen molar-refractivity contribution in [1.29, 1.82) is 0 Å². The van der Waals surface area contributed by atoms with Gasteiger partial charge in [0.2, 0.25) is 0 Å². The molecule has 4 heteroatoms. The van der Waals surface area contributed by atoms with Crippen molar-refractivity contribution in [3.63, 3.8) is 0 Å². The molecule has 0 aliphatic carbocycles. The summed E-state index contributed by atoms with van der Waals surface area (Å²) in [6, 6.07) is 4.01. The number of aromatic nitrogens is 1. The summed E-state index contributed by atoms with van der Waals surface area (Å²) in [4.78, 5) is 17.8. The van der Waals surface area contributed by atoms with Gasteiger partial charge in [-0.05, 0) is 30.7 Å². The van der Waals surface area contributed by atoms with Gasteiger partial charge in [-0.25, -0.2) is 4.79 Å². The number of likely N-dealkylation sites (N-methyl/N-ethyl adjacent to an activating group) is 1. The van der Waals surface area contributed by atoms with E-state index in [1.54, 1.807) is 12.4 Å². The zero-order chi connectivity index (χ0) is 14.1. The molecule has 19 heavy (non-hydrogen) atoms. The predicted molar refractivity (Wildman–Crippen MR) is 75.6 cm³/mol. The highest BCUT2D eigenvalue weighted by atomic mass is 16.5. The Morgan fingerprint density at radius 1 is 1.37 bits per heavy atom. The first-order valence-corrected chi connectivity index (χ1v) is 6.59. The maximum atomic E-state index is 11.5. The first-order chi connectivity index (χ1) is 9.21.